The molecule has 13 heavy (non-hydrogen) atoms. The van der Waals surface area contributed by atoms with Gasteiger partial charge in [-0.15, -0.1) is 0 Å². The van der Waals surface area contributed by atoms with Crippen LogP contribution in [0, 0.1) is 0 Å². The van der Waals surface area contributed by atoms with Gasteiger partial charge in [-0.25, -0.2) is 0 Å². The summed E-state index contributed by atoms with van der Waals surface area (Å²) in [4.78, 5) is 3.90. The molecule has 0 amide bonds. The molecule has 2 aromatic heterocycles. The SMILES string of the molecule is C[C@H](O)c1nc(-c2cn[nH]n2)no1. The first-order valence-electron chi connectivity index (χ1n) is 3.65. The molecule has 7 heteroatoms. The minimum atomic E-state index is -0.770. The van der Waals surface area contributed by atoms with E-state index in [0.717, 1.165) is 0 Å². The second-order valence-corrected chi connectivity index (χ2v) is 2.49. The van der Waals surface area contributed by atoms with E-state index >= 15 is 0 Å². The minimum Gasteiger partial charge on any atom is -0.384 e. The van der Waals surface area contributed by atoms with Crippen molar-refractivity contribution in [2.24, 2.45) is 0 Å². The Morgan fingerprint density at radius 3 is 3.00 bits per heavy atom. The van der Waals surface area contributed by atoms with Gasteiger partial charge in [0.15, 0.2) is 5.69 Å². The average Bonchev–Trinajstić information content (AvgIpc) is 2.75. The van der Waals surface area contributed by atoms with Gasteiger partial charge in [-0.3, -0.25) is 0 Å². The summed E-state index contributed by atoms with van der Waals surface area (Å²) in [5, 5.41) is 22.5. The van der Waals surface area contributed by atoms with Crippen LogP contribution in [0.25, 0.3) is 11.5 Å². The first-order valence-corrected chi connectivity index (χ1v) is 3.65. The van der Waals surface area contributed by atoms with Gasteiger partial charge in [-0.1, -0.05) is 5.16 Å². The molecule has 7 nitrogen and oxygen atoms in total. The fraction of sp³-hybridized carbons (Fsp3) is 0.333. The van der Waals surface area contributed by atoms with Crippen LogP contribution >= 0.6 is 0 Å². The molecule has 0 aliphatic carbocycles. The molecular weight excluding hydrogens is 174 g/mol. The van der Waals surface area contributed by atoms with Gasteiger partial charge >= 0.3 is 0 Å². The molecule has 0 unspecified atom stereocenters. The van der Waals surface area contributed by atoms with Crippen LogP contribution in [0.1, 0.15) is 18.9 Å². The maximum absolute atomic E-state index is 9.09. The van der Waals surface area contributed by atoms with Gasteiger partial charge in [0.2, 0.25) is 5.82 Å². The molecule has 0 aromatic carbocycles. The molecule has 2 rings (SSSR count). The summed E-state index contributed by atoms with van der Waals surface area (Å²) in [5.74, 6) is 0.475. The largest absolute Gasteiger partial charge is 0.384 e. The maximum Gasteiger partial charge on any atom is 0.255 e. The van der Waals surface area contributed by atoms with Gasteiger partial charge < -0.3 is 9.63 Å². The van der Waals surface area contributed by atoms with E-state index in [9.17, 15) is 0 Å². The molecule has 0 saturated heterocycles. The van der Waals surface area contributed by atoms with Crippen LogP contribution in [0.15, 0.2) is 10.7 Å². The van der Waals surface area contributed by atoms with Gasteiger partial charge in [0, 0.05) is 0 Å². The predicted octanol–water partition coefficient (Wildman–Crippen LogP) is -0.0920. The lowest BCUT2D eigenvalue weighted by atomic mass is 10.4. The van der Waals surface area contributed by atoms with Gasteiger partial charge in [0.05, 0.1) is 6.20 Å². The van der Waals surface area contributed by atoms with Crippen LogP contribution in [0.5, 0.6) is 0 Å². The fourth-order valence-corrected chi connectivity index (χ4v) is 0.818. The smallest absolute Gasteiger partial charge is 0.255 e. The molecule has 0 bridgehead atoms. The standard InChI is InChI=1S/C6H7N5O2/c1-3(12)6-8-5(10-13-6)4-2-7-11-9-4/h2-3,12H,1H3,(H,7,9,11)/t3-/m0/s1. The third kappa shape index (κ3) is 1.41. The molecule has 0 spiro atoms. The molecule has 68 valence electrons. The molecular formula is C6H7N5O2. The van der Waals surface area contributed by atoms with Crippen molar-refractivity contribution < 1.29 is 9.63 Å². The number of nitrogens with one attached hydrogen (secondary N) is 1. The highest BCUT2D eigenvalue weighted by Crippen LogP contribution is 2.14. The molecule has 0 radical (unpaired) electrons. The lowest BCUT2D eigenvalue weighted by molar-refractivity contribution is 0.152. The topological polar surface area (TPSA) is 101 Å². The predicted molar refractivity (Wildman–Crippen MR) is 40.3 cm³/mol. The summed E-state index contributed by atoms with van der Waals surface area (Å²) in [7, 11) is 0. The van der Waals surface area contributed by atoms with Crippen molar-refractivity contribution in [3.63, 3.8) is 0 Å². The third-order valence-corrected chi connectivity index (χ3v) is 1.44. The zero-order chi connectivity index (χ0) is 9.26. The number of aromatic nitrogens is 5. The van der Waals surface area contributed by atoms with Crippen molar-refractivity contribution in [1.82, 2.24) is 25.6 Å². The van der Waals surface area contributed by atoms with E-state index in [4.69, 9.17) is 9.63 Å². The van der Waals surface area contributed by atoms with E-state index in [0.29, 0.717) is 11.5 Å². The van der Waals surface area contributed by atoms with Crippen LogP contribution < -0.4 is 0 Å². The molecule has 0 fully saturated rings. The van der Waals surface area contributed by atoms with Gasteiger partial charge in [0.1, 0.15) is 6.10 Å². The van der Waals surface area contributed by atoms with Gasteiger partial charge in [-0.05, 0) is 6.92 Å². The normalized spacial score (nSPS) is 13.1. The Balaban J connectivity index is 2.33. The number of aliphatic hydroxyl groups excluding tert-OH is 1. The maximum atomic E-state index is 9.09. The highest BCUT2D eigenvalue weighted by Gasteiger charge is 2.13. The van der Waals surface area contributed by atoms with E-state index < -0.39 is 6.10 Å². The van der Waals surface area contributed by atoms with E-state index in [1.807, 2.05) is 0 Å². The summed E-state index contributed by atoms with van der Waals surface area (Å²) in [5.41, 5.74) is 0.482. The third-order valence-electron chi connectivity index (χ3n) is 1.44. The van der Waals surface area contributed by atoms with E-state index in [1.165, 1.54) is 6.20 Å². The van der Waals surface area contributed by atoms with Crippen LogP contribution in [-0.2, 0) is 0 Å². The number of hydrogen-bond acceptors (Lipinski definition) is 6. The Morgan fingerprint density at radius 1 is 1.62 bits per heavy atom. The Bertz CT molecular complexity index is 379. The molecule has 0 aliphatic rings. The van der Waals surface area contributed by atoms with Crippen molar-refractivity contribution >= 4 is 0 Å². The van der Waals surface area contributed by atoms with Crippen LogP contribution in [-0.4, -0.2) is 30.7 Å². The Hall–Kier alpha value is -1.76. The summed E-state index contributed by atoms with van der Waals surface area (Å²) >= 11 is 0. The number of H-pyrrole nitrogens is 1. The number of aromatic amines is 1. The summed E-state index contributed by atoms with van der Waals surface area (Å²) in [6, 6.07) is 0. The Kier molecular flexibility index (Phi) is 1.78. The Labute approximate surface area is 72.8 Å². The molecule has 2 heterocycles. The van der Waals surface area contributed by atoms with Gasteiger partial charge in [-0.2, -0.15) is 20.4 Å². The first-order chi connectivity index (χ1) is 6.27. The summed E-state index contributed by atoms with van der Waals surface area (Å²) in [6.45, 7) is 1.54. The summed E-state index contributed by atoms with van der Waals surface area (Å²) in [6.07, 6.45) is 0.699. The minimum absolute atomic E-state index is 0.165. The molecule has 2 N–H and O–H groups in total. The van der Waals surface area contributed by atoms with E-state index in [-0.39, 0.29) is 5.89 Å². The second kappa shape index (κ2) is 2.94. The fourth-order valence-electron chi connectivity index (χ4n) is 0.818. The lowest BCUT2D eigenvalue weighted by Crippen LogP contribution is -1.90. The monoisotopic (exact) mass is 181 g/mol. The van der Waals surface area contributed by atoms with E-state index in [1.54, 1.807) is 6.92 Å². The molecule has 0 aliphatic heterocycles. The Morgan fingerprint density at radius 2 is 2.46 bits per heavy atom. The van der Waals surface area contributed by atoms with Crippen molar-refractivity contribution in [2.75, 3.05) is 0 Å². The van der Waals surface area contributed by atoms with E-state index in [2.05, 4.69) is 25.6 Å². The molecule has 2 aromatic rings. The zero-order valence-corrected chi connectivity index (χ0v) is 6.80. The lowest BCUT2D eigenvalue weighted by Gasteiger charge is -1.91. The zero-order valence-electron chi connectivity index (χ0n) is 6.80. The number of aliphatic hydroxyl groups is 1. The quantitative estimate of drug-likeness (QED) is 0.671. The number of hydrogen-bond donors (Lipinski definition) is 2. The summed E-state index contributed by atoms with van der Waals surface area (Å²) < 4.78 is 4.76. The molecule has 1 atom stereocenters. The van der Waals surface area contributed by atoms with Gasteiger partial charge in [0.25, 0.3) is 5.89 Å². The highest BCUT2D eigenvalue weighted by atomic mass is 16.5. The average molecular weight is 181 g/mol. The van der Waals surface area contributed by atoms with Crippen molar-refractivity contribution in [3.05, 3.63) is 12.1 Å². The van der Waals surface area contributed by atoms with Crippen molar-refractivity contribution in [1.29, 1.82) is 0 Å². The molecule has 0 saturated carbocycles. The number of rotatable bonds is 2. The van der Waals surface area contributed by atoms with Crippen LogP contribution in [0.4, 0.5) is 0 Å². The second-order valence-electron chi connectivity index (χ2n) is 2.49. The van der Waals surface area contributed by atoms with Crippen LogP contribution in [0.2, 0.25) is 0 Å². The first kappa shape index (κ1) is 7.87. The number of nitrogens with zero attached hydrogens (tertiary/aromatic N) is 4. The van der Waals surface area contributed by atoms with Crippen molar-refractivity contribution in [3.8, 4) is 11.5 Å². The van der Waals surface area contributed by atoms with Crippen LogP contribution in [0.3, 0.4) is 0 Å². The highest BCUT2D eigenvalue weighted by molar-refractivity contribution is 5.44. The van der Waals surface area contributed by atoms with Crippen molar-refractivity contribution in [2.45, 2.75) is 13.0 Å².